The molecule has 1 aromatic carbocycles. The maximum absolute atomic E-state index is 12.0. The lowest BCUT2D eigenvalue weighted by atomic mass is 10.1. The van der Waals surface area contributed by atoms with Gasteiger partial charge in [-0.1, -0.05) is 37.6 Å². The number of nitrogens with one attached hydrogen (secondary N) is 1. The van der Waals surface area contributed by atoms with E-state index in [-0.39, 0.29) is 18.3 Å². The molecule has 0 unspecified atom stereocenters. The minimum Gasteiger partial charge on any atom is -0.317 e. The second-order valence-electron chi connectivity index (χ2n) is 5.98. The molecule has 0 radical (unpaired) electrons. The number of nitrogens with zero attached hydrogens (tertiary/aromatic N) is 1. The van der Waals surface area contributed by atoms with E-state index in [2.05, 4.69) is 41.5 Å². The average molecular weight is 352 g/mol. The van der Waals surface area contributed by atoms with Crippen molar-refractivity contribution in [2.75, 3.05) is 5.32 Å². The highest BCUT2D eigenvalue weighted by molar-refractivity contribution is 7.16. The lowest BCUT2D eigenvalue weighted by Gasteiger charge is -2.06. The molecule has 124 valence electrons. The molecule has 4 nitrogen and oxygen atoms in total. The number of rotatable bonds is 5. The molecule has 1 saturated carbocycles. The number of thiazole rings is 1. The minimum absolute atomic E-state index is 0. The van der Waals surface area contributed by atoms with Crippen LogP contribution in [0.4, 0.5) is 5.13 Å². The summed E-state index contributed by atoms with van der Waals surface area (Å²) in [6.45, 7) is 4.20. The molecule has 1 aliphatic carbocycles. The second-order valence-corrected chi connectivity index (χ2v) is 7.18. The van der Waals surface area contributed by atoms with Crippen LogP contribution < -0.4 is 11.1 Å². The number of carbonyl (C=O) groups is 1. The molecule has 1 heterocycles. The van der Waals surface area contributed by atoms with Crippen LogP contribution in [0.5, 0.6) is 0 Å². The van der Waals surface area contributed by atoms with E-state index in [0.717, 1.165) is 41.8 Å². The molecule has 1 aliphatic rings. The van der Waals surface area contributed by atoms with Crippen molar-refractivity contribution in [1.82, 2.24) is 4.98 Å². The van der Waals surface area contributed by atoms with Gasteiger partial charge in [-0.15, -0.1) is 23.7 Å². The summed E-state index contributed by atoms with van der Waals surface area (Å²) in [5.41, 5.74) is 8.60. The predicted molar refractivity (Wildman–Crippen MR) is 98.3 cm³/mol. The monoisotopic (exact) mass is 351 g/mol. The van der Waals surface area contributed by atoms with Crippen molar-refractivity contribution in [3.05, 3.63) is 34.7 Å². The third kappa shape index (κ3) is 3.91. The van der Waals surface area contributed by atoms with Gasteiger partial charge in [-0.05, 0) is 31.7 Å². The van der Waals surface area contributed by atoms with Crippen molar-refractivity contribution in [1.29, 1.82) is 0 Å². The molecule has 2 aromatic rings. The maximum atomic E-state index is 12.0. The number of benzene rings is 1. The molecule has 3 N–H and O–H groups in total. The normalized spacial score (nSPS) is 14.9. The summed E-state index contributed by atoms with van der Waals surface area (Å²) in [6, 6.07) is 8.50. The lowest BCUT2D eigenvalue weighted by molar-refractivity contribution is -0.118. The number of hydrogen-bond acceptors (Lipinski definition) is 4. The minimum atomic E-state index is -0.665. The highest BCUT2D eigenvalue weighted by atomic mass is 35.5. The summed E-state index contributed by atoms with van der Waals surface area (Å²) >= 11 is 1.50. The Morgan fingerprint density at radius 1 is 1.35 bits per heavy atom. The Morgan fingerprint density at radius 2 is 2.00 bits per heavy atom. The van der Waals surface area contributed by atoms with Gasteiger partial charge < -0.3 is 11.1 Å². The smallest absolute Gasteiger partial charge is 0.246 e. The summed E-state index contributed by atoms with van der Waals surface area (Å²) in [5.74, 6) is -0.119. The van der Waals surface area contributed by atoms with E-state index < -0.39 is 5.54 Å². The molecular weight excluding hydrogens is 330 g/mol. The zero-order valence-corrected chi connectivity index (χ0v) is 15.0. The molecule has 0 saturated heterocycles. The fourth-order valence-electron chi connectivity index (χ4n) is 2.42. The van der Waals surface area contributed by atoms with Gasteiger partial charge in [-0.3, -0.25) is 4.79 Å². The van der Waals surface area contributed by atoms with Crippen LogP contribution in [0.15, 0.2) is 24.3 Å². The van der Waals surface area contributed by atoms with Gasteiger partial charge in [0, 0.05) is 10.4 Å². The molecule has 0 spiro atoms. The van der Waals surface area contributed by atoms with E-state index >= 15 is 0 Å². The second kappa shape index (κ2) is 6.99. The molecule has 3 rings (SSSR count). The molecular formula is C17H22ClN3OS. The zero-order valence-electron chi connectivity index (χ0n) is 13.4. The van der Waals surface area contributed by atoms with Gasteiger partial charge >= 0.3 is 0 Å². The van der Waals surface area contributed by atoms with Crippen LogP contribution in [0.2, 0.25) is 0 Å². The Hall–Kier alpha value is -1.43. The number of amides is 1. The standard InChI is InChI=1S/C17H21N3OS.ClH/c1-3-4-12-5-7-13(8-6-12)14-11(2)22-16(19-14)20-15(21)17(18)9-10-17;/h5-8H,3-4,9-10,18H2,1-2H3,(H,19,20,21);1H. The summed E-state index contributed by atoms with van der Waals surface area (Å²) in [5, 5.41) is 3.48. The molecule has 0 atom stereocenters. The fraction of sp³-hybridized carbons (Fsp3) is 0.412. The molecule has 0 aliphatic heterocycles. The molecule has 1 fully saturated rings. The highest BCUT2D eigenvalue weighted by Gasteiger charge is 2.46. The summed E-state index contributed by atoms with van der Waals surface area (Å²) in [7, 11) is 0. The number of anilines is 1. The Labute approximate surface area is 146 Å². The molecule has 23 heavy (non-hydrogen) atoms. The van der Waals surface area contributed by atoms with E-state index in [1.165, 1.54) is 16.9 Å². The van der Waals surface area contributed by atoms with Crippen molar-refractivity contribution in [3.8, 4) is 11.3 Å². The van der Waals surface area contributed by atoms with E-state index in [0.29, 0.717) is 5.13 Å². The molecule has 1 amide bonds. The van der Waals surface area contributed by atoms with Gasteiger partial charge in [0.05, 0.1) is 11.2 Å². The van der Waals surface area contributed by atoms with Crippen molar-refractivity contribution in [2.24, 2.45) is 5.73 Å². The molecule has 6 heteroatoms. The van der Waals surface area contributed by atoms with Crippen molar-refractivity contribution in [2.45, 2.75) is 45.1 Å². The average Bonchev–Trinajstić information content (AvgIpc) is 3.15. The van der Waals surface area contributed by atoms with Crippen molar-refractivity contribution >= 4 is 34.8 Å². The first-order valence-electron chi connectivity index (χ1n) is 7.69. The lowest BCUT2D eigenvalue weighted by Crippen LogP contribution is -2.37. The van der Waals surface area contributed by atoms with Crippen LogP contribution in [-0.2, 0) is 11.2 Å². The first kappa shape index (κ1) is 17.9. The third-order valence-electron chi connectivity index (χ3n) is 4.02. The number of aromatic nitrogens is 1. The Balaban J connectivity index is 0.00000192. The van der Waals surface area contributed by atoms with Crippen LogP contribution in [0.3, 0.4) is 0 Å². The number of nitrogens with two attached hydrogens (primary N) is 1. The fourth-order valence-corrected chi connectivity index (χ4v) is 3.25. The Kier molecular flexibility index (Phi) is 5.45. The van der Waals surface area contributed by atoms with E-state index in [9.17, 15) is 4.79 Å². The van der Waals surface area contributed by atoms with Gasteiger partial charge in [0.2, 0.25) is 5.91 Å². The first-order chi connectivity index (χ1) is 10.5. The molecule has 1 aromatic heterocycles. The van der Waals surface area contributed by atoms with Gasteiger partial charge in [-0.2, -0.15) is 0 Å². The topological polar surface area (TPSA) is 68.0 Å². The first-order valence-corrected chi connectivity index (χ1v) is 8.50. The van der Waals surface area contributed by atoms with Gasteiger partial charge in [0.25, 0.3) is 0 Å². The van der Waals surface area contributed by atoms with Crippen molar-refractivity contribution in [3.63, 3.8) is 0 Å². The molecule has 0 bridgehead atoms. The van der Waals surface area contributed by atoms with Crippen LogP contribution in [0.1, 0.15) is 36.6 Å². The highest BCUT2D eigenvalue weighted by Crippen LogP contribution is 2.35. The third-order valence-corrected chi connectivity index (χ3v) is 4.91. The number of hydrogen-bond donors (Lipinski definition) is 2. The zero-order chi connectivity index (χ0) is 15.7. The van der Waals surface area contributed by atoms with E-state index in [4.69, 9.17) is 5.73 Å². The number of halogens is 1. The van der Waals surface area contributed by atoms with Gasteiger partial charge in [-0.25, -0.2) is 4.98 Å². The Morgan fingerprint density at radius 3 is 2.57 bits per heavy atom. The SMILES string of the molecule is CCCc1ccc(-c2nc(NC(=O)C3(N)CC3)sc2C)cc1.Cl. The van der Waals surface area contributed by atoms with E-state index in [1.54, 1.807) is 0 Å². The van der Waals surface area contributed by atoms with Crippen LogP contribution in [-0.4, -0.2) is 16.4 Å². The van der Waals surface area contributed by atoms with Crippen molar-refractivity contribution < 1.29 is 4.79 Å². The van der Waals surface area contributed by atoms with Crippen LogP contribution in [0, 0.1) is 6.92 Å². The summed E-state index contributed by atoms with van der Waals surface area (Å²) < 4.78 is 0. The quantitative estimate of drug-likeness (QED) is 0.857. The summed E-state index contributed by atoms with van der Waals surface area (Å²) in [4.78, 5) is 17.7. The van der Waals surface area contributed by atoms with Crippen LogP contribution >= 0.6 is 23.7 Å². The Bertz CT molecular complexity index is 692. The predicted octanol–water partition coefficient (Wildman–Crippen LogP) is 3.92. The van der Waals surface area contributed by atoms with Gasteiger partial charge in [0.1, 0.15) is 0 Å². The van der Waals surface area contributed by atoms with Crippen LogP contribution in [0.25, 0.3) is 11.3 Å². The van der Waals surface area contributed by atoms with Gasteiger partial charge in [0.15, 0.2) is 5.13 Å². The maximum Gasteiger partial charge on any atom is 0.246 e. The van der Waals surface area contributed by atoms with E-state index in [1.807, 2.05) is 6.92 Å². The number of carbonyl (C=O) groups excluding carboxylic acids is 1. The number of aryl methyl sites for hydroxylation is 2. The summed E-state index contributed by atoms with van der Waals surface area (Å²) in [6.07, 6.45) is 3.76. The largest absolute Gasteiger partial charge is 0.317 e.